The molecule has 1 unspecified atom stereocenters. The Morgan fingerprint density at radius 1 is 1.29 bits per heavy atom. The standard InChI is InChI=1S/C15H24O2/c1-11(2)7-13(10-16)9-14-8-12(3)5-6-15(14)17-4/h5-6,8,11,13,16H,7,9-10H2,1-4H3. The third-order valence-corrected chi connectivity index (χ3v) is 3.01. The van der Waals surface area contributed by atoms with Crippen LogP contribution in [-0.2, 0) is 6.42 Å². The van der Waals surface area contributed by atoms with Crippen LogP contribution in [0.2, 0.25) is 0 Å². The van der Waals surface area contributed by atoms with E-state index in [1.54, 1.807) is 7.11 Å². The second-order valence-electron chi connectivity index (χ2n) is 5.20. The summed E-state index contributed by atoms with van der Waals surface area (Å²) in [5, 5.41) is 9.43. The molecule has 0 heterocycles. The van der Waals surface area contributed by atoms with Crippen molar-refractivity contribution < 1.29 is 9.84 Å². The maximum Gasteiger partial charge on any atom is 0.122 e. The van der Waals surface area contributed by atoms with Crippen LogP contribution in [-0.4, -0.2) is 18.8 Å². The average molecular weight is 236 g/mol. The molecule has 2 nitrogen and oxygen atoms in total. The third kappa shape index (κ3) is 4.39. The lowest BCUT2D eigenvalue weighted by Crippen LogP contribution is -2.13. The van der Waals surface area contributed by atoms with Gasteiger partial charge in [0.05, 0.1) is 7.11 Å². The van der Waals surface area contributed by atoms with Crippen molar-refractivity contribution in [2.45, 2.75) is 33.6 Å². The minimum Gasteiger partial charge on any atom is -0.496 e. The molecule has 1 aromatic rings. The molecule has 0 fully saturated rings. The number of hydrogen-bond acceptors (Lipinski definition) is 2. The summed E-state index contributed by atoms with van der Waals surface area (Å²) in [6.45, 7) is 6.71. The summed E-state index contributed by atoms with van der Waals surface area (Å²) in [5.74, 6) is 1.87. The summed E-state index contributed by atoms with van der Waals surface area (Å²) in [4.78, 5) is 0. The molecule has 0 saturated heterocycles. The Hall–Kier alpha value is -1.02. The molecule has 0 aliphatic carbocycles. The van der Waals surface area contributed by atoms with Crippen LogP contribution in [0.4, 0.5) is 0 Å². The van der Waals surface area contributed by atoms with Gasteiger partial charge in [0.25, 0.3) is 0 Å². The smallest absolute Gasteiger partial charge is 0.122 e. The summed E-state index contributed by atoms with van der Waals surface area (Å²) in [7, 11) is 1.70. The molecule has 0 aliphatic rings. The van der Waals surface area contributed by atoms with Crippen molar-refractivity contribution in [2.24, 2.45) is 11.8 Å². The number of aliphatic hydroxyl groups is 1. The Morgan fingerprint density at radius 2 is 2.00 bits per heavy atom. The van der Waals surface area contributed by atoms with Gasteiger partial charge in [-0.15, -0.1) is 0 Å². The number of methoxy groups -OCH3 is 1. The molecule has 0 aromatic heterocycles. The molecule has 1 aromatic carbocycles. The van der Waals surface area contributed by atoms with Crippen molar-refractivity contribution in [3.8, 4) is 5.75 Å². The molecule has 1 atom stereocenters. The normalized spacial score (nSPS) is 12.8. The fourth-order valence-corrected chi connectivity index (χ4v) is 2.27. The van der Waals surface area contributed by atoms with Gasteiger partial charge in [0, 0.05) is 6.61 Å². The first-order chi connectivity index (χ1) is 8.06. The largest absolute Gasteiger partial charge is 0.496 e. The van der Waals surface area contributed by atoms with Crippen molar-refractivity contribution in [3.05, 3.63) is 29.3 Å². The van der Waals surface area contributed by atoms with Crippen LogP contribution in [0.15, 0.2) is 18.2 Å². The van der Waals surface area contributed by atoms with Gasteiger partial charge in [-0.2, -0.15) is 0 Å². The van der Waals surface area contributed by atoms with Crippen LogP contribution in [0.5, 0.6) is 5.75 Å². The second kappa shape index (κ2) is 6.65. The topological polar surface area (TPSA) is 29.5 Å². The summed E-state index contributed by atoms with van der Waals surface area (Å²) < 4.78 is 5.37. The number of ether oxygens (including phenoxy) is 1. The lowest BCUT2D eigenvalue weighted by atomic mass is 9.91. The first kappa shape index (κ1) is 14.0. The van der Waals surface area contributed by atoms with E-state index >= 15 is 0 Å². The Balaban J connectivity index is 2.80. The minimum absolute atomic E-state index is 0.245. The highest BCUT2D eigenvalue weighted by Crippen LogP contribution is 2.25. The van der Waals surface area contributed by atoms with Crippen LogP contribution < -0.4 is 4.74 Å². The molecule has 0 amide bonds. The van der Waals surface area contributed by atoms with Gasteiger partial charge in [-0.1, -0.05) is 31.5 Å². The summed E-state index contributed by atoms with van der Waals surface area (Å²) in [5.41, 5.74) is 2.44. The quantitative estimate of drug-likeness (QED) is 0.822. The SMILES string of the molecule is COc1ccc(C)cc1CC(CO)CC(C)C. The fraction of sp³-hybridized carbons (Fsp3) is 0.600. The fourth-order valence-electron chi connectivity index (χ4n) is 2.27. The molecule has 0 radical (unpaired) electrons. The molecule has 2 heteroatoms. The lowest BCUT2D eigenvalue weighted by molar-refractivity contribution is 0.204. The van der Waals surface area contributed by atoms with Gasteiger partial charge in [0.1, 0.15) is 5.75 Å². The molecule has 0 saturated carbocycles. The zero-order valence-electron chi connectivity index (χ0n) is 11.4. The number of rotatable bonds is 6. The average Bonchev–Trinajstić information content (AvgIpc) is 2.28. The van der Waals surface area contributed by atoms with Gasteiger partial charge >= 0.3 is 0 Å². The monoisotopic (exact) mass is 236 g/mol. The Morgan fingerprint density at radius 3 is 2.53 bits per heavy atom. The molecular formula is C15H24O2. The van der Waals surface area contributed by atoms with Crippen molar-refractivity contribution in [1.82, 2.24) is 0 Å². The Kier molecular flexibility index (Phi) is 5.49. The van der Waals surface area contributed by atoms with Gasteiger partial charge in [-0.3, -0.25) is 0 Å². The minimum atomic E-state index is 0.245. The van der Waals surface area contributed by atoms with Crippen molar-refractivity contribution in [1.29, 1.82) is 0 Å². The van der Waals surface area contributed by atoms with E-state index in [0.29, 0.717) is 11.8 Å². The van der Waals surface area contributed by atoms with Crippen molar-refractivity contribution >= 4 is 0 Å². The van der Waals surface area contributed by atoms with Gasteiger partial charge in [-0.05, 0) is 43.2 Å². The first-order valence-corrected chi connectivity index (χ1v) is 6.31. The van der Waals surface area contributed by atoms with Gasteiger partial charge in [-0.25, -0.2) is 0 Å². The first-order valence-electron chi connectivity index (χ1n) is 6.31. The van der Waals surface area contributed by atoms with E-state index in [0.717, 1.165) is 18.6 Å². The summed E-state index contributed by atoms with van der Waals surface area (Å²) in [6.07, 6.45) is 1.94. The van der Waals surface area contributed by atoms with Crippen LogP contribution in [0.1, 0.15) is 31.4 Å². The molecular weight excluding hydrogens is 212 g/mol. The highest BCUT2D eigenvalue weighted by atomic mass is 16.5. The second-order valence-corrected chi connectivity index (χ2v) is 5.20. The molecule has 17 heavy (non-hydrogen) atoms. The summed E-state index contributed by atoms with van der Waals surface area (Å²) >= 11 is 0. The molecule has 0 bridgehead atoms. The lowest BCUT2D eigenvalue weighted by Gasteiger charge is -2.18. The molecule has 0 aliphatic heterocycles. The van der Waals surface area contributed by atoms with E-state index in [9.17, 15) is 5.11 Å². The van der Waals surface area contributed by atoms with E-state index in [2.05, 4.69) is 32.9 Å². The molecule has 96 valence electrons. The molecule has 1 rings (SSSR count). The number of benzene rings is 1. The highest BCUT2D eigenvalue weighted by molar-refractivity contribution is 5.37. The number of hydrogen-bond donors (Lipinski definition) is 1. The molecule has 0 spiro atoms. The predicted octanol–water partition coefficient (Wildman–Crippen LogP) is 3.20. The van der Waals surface area contributed by atoms with Gasteiger partial charge in [0.2, 0.25) is 0 Å². The van der Waals surface area contributed by atoms with Crippen molar-refractivity contribution in [3.63, 3.8) is 0 Å². The summed E-state index contributed by atoms with van der Waals surface area (Å²) in [6, 6.07) is 6.22. The van der Waals surface area contributed by atoms with E-state index in [-0.39, 0.29) is 6.61 Å². The number of aliphatic hydroxyl groups excluding tert-OH is 1. The molecule has 1 N–H and O–H groups in total. The van der Waals surface area contributed by atoms with E-state index in [1.807, 2.05) is 6.07 Å². The van der Waals surface area contributed by atoms with Gasteiger partial charge < -0.3 is 9.84 Å². The highest BCUT2D eigenvalue weighted by Gasteiger charge is 2.13. The maximum absolute atomic E-state index is 9.43. The maximum atomic E-state index is 9.43. The third-order valence-electron chi connectivity index (χ3n) is 3.01. The predicted molar refractivity (Wildman–Crippen MR) is 71.5 cm³/mol. The van der Waals surface area contributed by atoms with Crippen LogP contribution >= 0.6 is 0 Å². The van der Waals surface area contributed by atoms with Gasteiger partial charge in [0.15, 0.2) is 0 Å². The Labute approximate surface area is 105 Å². The van der Waals surface area contributed by atoms with Crippen LogP contribution in [0.25, 0.3) is 0 Å². The van der Waals surface area contributed by atoms with E-state index in [4.69, 9.17) is 4.74 Å². The zero-order valence-corrected chi connectivity index (χ0v) is 11.4. The van der Waals surface area contributed by atoms with Crippen molar-refractivity contribution in [2.75, 3.05) is 13.7 Å². The van der Waals surface area contributed by atoms with E-state index in [1.165, 1.54) is 11.1 Å². The van der Waals surface area contributed by atoms with Crippen LogP contribution in [0.3, 0.4) is 0 Å². The van der Waals surface area contributed by atoms with Crippen LogP contribution in [0, 0.1) is 18.8 Å². The Bertz CT molecular complexity index is 345. The van der Waals surface area contributed by atoms with E-state index < -0.39 is 0 Å². The zero-order chi connectivity index (χ0) is 12.8. The number of aryl methyl sites for hydroxylation is 1.